The molecule has 1 fully saturated rings. The molecule has 0 aliphatic carbocycles. The molecule has 2 rings (SSSR count). The molecule has 0 radical (unpaired) electrons. The highest BCUT2D eigenvalue weighted by atomic mass is 16.6. The highest BCUT2D eigenvalue weighted by Gasteiger charge is 2.23. The monoisotopic (exact) mass is 278 g/mol. The fraction of sp³-hybridized carbons (Fsp3) is 0.571. The number of hydrogen-bond donors (Lipinski definition) is 1. The van der Waals surface area contributed by atoms with E-state index < -0.39 is 0 Å². The van der Waals surface area contributed by atoms with E-state index in [0.29, 0.717) is 18.3 Å². The maximum absolute atomic E-state index is 11.1. The van der Waals surface area contributed by atoms with Gasteiger partial charge in [-0.2, -0.15) is 0 Å². The lowest BCUT2D eigenvalue weighted by Gasteiger charge is -2.37. The Labute approximate surface area is 119 Å². The number of likely N-dealkylation sites (N-methyl/N-ethyl adjacent to an activating group) is 2. The highest BCUT2D eigenvalue weighted by molar-refractivity contribution is 5.62. The average Bonchev–Trinajstić information content (AvgIpc) is 2.40. The van der Waals surface area contributed by atoms with Crippen molar-refractivity contribution in [2.75, 3.05) is 45.6 Å². The summed E-state index contributed by atoms with van der Waals surface area (Å²) in [5, 5.41) is 14.3. The number of nitro groups is 1. The average molecular weight is 278 g/mol. The Morgan fingerprint density at radius 1 is 1.40 bits per heavy atom. The van der Waals surface area contributed by atoms with Crippen molar-refractivity contribution < 1.29 is 4.92 Å². The van der Waals surface area contributed by atoms with E-state index in [1.54, 1.807) is 12.1 Å². The fourth-order valence-electron chi connectivity index (χ4n) is 2.49. The second-order valence-electron chi connectivity index (χ2n) is 5.56. The highest BCUT2D eigenvalue weighted by Crippen LogP contribution is 2.25. The van der Waals surface area contributed by atoms with Gasteiger partial charge in [0.2, 0.25) is 0 Å². The van der Waals surface area contributed by atoms with Gasteiger partial charge in [0.15, 0.2) is 0 Å². The van der Waals surface area contributed by atoms with Crippen molar-refractivity contribution in [1.29, 1.82) is 0 Å². The van der Waals surface area contributed by atoms with Crippen molar-refractivity contribution in [2.24, 2.45) is 0 Å². The van der Waals surface area contributed by atoms with Crippen LogP contribution in [0.3, 0.4) is 0 Å². The van der Waals surface area contributed by atoms with Crippen molar-refractivity contribution in [1.82, 2.24) is 9.80 Å². The molecule has 1 atom stereocenters. The zero-order valence-electron chi connectivity index (χ0n) is 12.3. The van der Waals surface area contributed by atoms with Crippen LogP contribution in [-0.2, 0) is 0 Å². The summed E-state index contributed by atoms with van der Waals surface area (Å²) in [7, 11) is 4.21. The number of piperazine rings is 1. The van der Waals surface area contributed by atoms with Crippen LogP contribution in [-0.4, -0.2) is 61.0 Å². The molecule has 1 aromatic rings. The third-order valence-electron chi connectivity index (χ3n) is 3.86. The molecular formula is C14H22N4O2. The van der Waals surface area contributed by atoms with Crippen LogP contribution in [0.4, 0.5) is 11.4 Å². The summed E-state index contributed by atoms with van der Waals surface area (Å²) in [6.45, 7) is 5.64. The van der Waals surface area contributed by atoms with Crippen molar-refractivity contribution >= 4 is 11.4 Å². The van der Waals surface area contributed by atoms with Gasteiger partial charge in [0.05, 0.1) is 4.92 Å². The second kappa shape index (κ2) is 6.19. The molecule has 0 amide bonds. The number of nitrogens with zero attached hydrogens (tertiary/aromatic N) is 3. The summed E-state index contributed by atoms with van der Waals surface area (Å²) < 4.78 is 0. The molecule has 0 aromatic heterocycles. The van der Waals surface area contributed by atoms with Crippen LogP contribution in [0.1, 0.15) is 5.56 Å². The minimum absolute atomic E-state index is 0.150. The minimum Gasteiger partial charge on any atom is -0.378 e. The molecule has 1 saturated heterocycles. The largest absolute Gasteiger partial charge is 0.378 e. The molecule has 1 heterocycles. The maximum Gasteiger partial charge on any atom is 0.292 e. The molecule has 110 valence electrons. The Morgan fingerprint density at radius 2 is 2.15 bits per heavy atom. The number of nitro benzene ring substituents is 1. The first-order valence-corrected chi connectivity index (χ1v) is 6.85. The SMILES string of the molecule is Cc1ccc(NCC2CN(C)CCN2C)c([N+](=O)[O-])c1. The standard InChI is InChI=1S/C14H22N4O2/c1-11-4-5-13(14(8-11)18(19)20)15-9-12-10-16(2)6-7-17(12)3/h4-5,8,12,15H,6-7,9-10H2,1-3H3. The van der Waals surface area contributed by atoms with Crippen LogP contribution in [0.25, 0.3) is 0 Å². The summed E-state index contributed by atoms with van der Waals surface area (Å²) in [5.74, 6) is 0. The lowest BCUT2D eigenvalue weighted by atomic mass is 10.1. The number of aryl methyl sites for hydroxylation is 1. The third kappa shape index (κ3) is 3.46. The van der Waals surface area contributed by atoms with Gasteiger partial charge in [-0.25, -0.2) is 0 Å². The molecular weight excluding hydrogens is 256 g/mol. The Kier molecular flexibility index (Phi) is 4.57. The van der Waals surface area contributed by atoms with E-state index in [4.69, 9.17) is 0 Å². The number of rotatable bonds is 4. The van der Waals surface area contributed by atoms with Gasteiger partial charge in [-0.05, 0) is 32.6 Å². The predicted molar refractivity (Wildman–Crippen MR) is 80.2 cm³/mol. The van der Waals surface area contributed by atoms with Crippen molar-refractivity contribution in [3.8, 4) is 0 Å². The van der Waals surface area contributed by atoms with E-state index in [1.807, 2.05) is 13.0 Å². The normalized spacial score (nSPS) is 20.9. The Hall–Kier alpha value is -1.66. The summed E-state index contributed by atoms with van der Waals surface area (Å²) >= 11 is 0. The Morgan fingerprint density at radius 3 is 2.85 bits per heavy atom. The zero-order chi connectivity index (χ0) is 14.7. The lowest BCUT2D eigenvalue weighted by molar-refractivity contribution is -0.384. The van der Waals surface area contributed by atoms with Crippen LogP contribution in [0.2, 0.25) is 0 Å². The Bertz CT molecular complexity index is 492. The van der Waals surface area contributed by atoms with Gasteiger partial charge in [0.1, 0.15) is 5.69 Å². The van der Waals surface area contributed by atoms with Gasteiger partial charge in [-0.15, -0.1) is 0 Å². The zero-order valence-corrected chi connectivity index (χ0v) is 12.3. The van der Waals surface area contributed by atoms with E-state index in [2.05, 4.69) is 29.2 Å². The molecule has 6 nitrogen and oxygen atoms in total. The van der Waals surface area contributed by atoms with E-state index in [0.717, 1.165) is 25.2 Å². The number of benzene rings is 1. The molecule has 1 aliphatic heterocycles. The van der Waals surface area contributed by atoms with E-state index >= 15 is 0 Å². The van der Waals surface area contributed by atoms with Crippen LogP contribution in [0, 0.1) is 17.0 Å². The van der Waals surface area contributed by atoms with Crippen molar-refractivity contribution in [2.45, 2.75) is 13.0 Å². The Balaban J connectivity index is 2.05. The fourth-order valence-corrected chi connectivity index (χ4v) is 2.49. The molecule has 0 saturated carbocycles. The summed E-state index contributed by atoms with van der Waals surface area (Å²) in [6, 6.07) is 5.67. The lowest BCUT2D eigenvalue weighted by Crippen LogP contribution is -2.52. The number of hydrogen-bond acceptors (Lipinski definition) is 5. The quantitative estimate of drug-likeness (QED) is 0.669. The van der Waals surface area contributed by atoms with Gasteiger partial charge >= 0.3 is 0 Å². The van der Waals surface area contributed by atoms with Crippen LogP contribution in [0.5, 0.6) is 0 Å². The molecule has 1 N–H and O–H groups in total. The topological polar surface area (TPSA) is 61.6 Å². The molecule has 6 heteroatoms. The van der Waals surface area contributed by atoms with Gasteiger partial charge in [0, 0.05) is 38.3 Å². The van der Waals surface area contributed by atoms with Crippen LogP contribution >= 0.6 is 0 Å². The van der Waals surface area contributed by atoms with Crippen molar-refractivity contribution in [3.63, 3.8) is 0 Å². The van der Waals surface area contributed by atoms with Gasteiger partial charge in [-0.3, -0.25) is 15.0 Å². The smallest absolute Gasteiger partial charge is 0.292 e. The van der Waals surface area contributed by atoms with Gasteiger partial charge in [-0.1, -0.05) is 6.07 Å². The summed E-state index contributed by atoms with van der Waals surface area (Å²) in [4.78, 5) is 15.3. The van der Waals surface area contributed by atoms with E-state index in [9.17, 15) is 10.1 Å². The van der Waals surface area contributed by atoms with E-state index in [-0.39, 0.29) is 10.6 Å². The van der Waals surface area contributed by atoms with Crippen LogP contribution in [0.15, 0.2) is 18.2 Å². The molecule has 1 unspecified atom stereocenters. The first-order chi connectivity index (χ1) is 9.47. The molecule has 0 bridgehead atoms. The summed E-state index contributed by atoms with van der Waals surface area (Å²) in [5.41, 5.74) is 1.65. The number of nitrogens with one attached hydrogen (secondary N) is 1. The second-order valence-corrected chi connectivity index (χ2v) is 5.56. The first kappa shape index (κ1) is 14.7. The van der Waals surface area contributed by atoms with E-state index in [1.165, 1.54) is 0 Å². The minimum atomic E-state index is -0.327. The molecule has 0 spiro atoms. The maximum atomic E-state index is 11.1. The van der Waals surface area contributed by atoms with Gasteiger partial charge in [0.25, 0.3) is 5.69 Å². The third-order valence-corrected chi connectivity index (χ3v) is 3.86. The first-order valence-electron chi connectivity index (χ1n) is 6.85. The molecule has 1 aromatic carbocycles. The summed E-state index contributed by atoms with van der Waals surface area (Å²) in [6.07, 6.45) is 0. The number of anilines is 1. The van der Waals surface area contributed by atoms with Crippen molar-refractivity contribution in [3.05, 3.63) is 33.9 Å². The van der Waals surface area contributed by atoms with Gasteiger partial charge < -0.3 is 10.2 Å². The van der Waals surface area contributed by atoms with Crippen LogP contribution < -0.4 is 5.32 Å². The molecule has 1 aliphatic rings. The molecule has 20 heavy (non-hydrogen) atoms. The predicted octanol–water partition coefficient (Wildman–Crippen LogP) is 1.56.